The Hall–Kier alpha value is -2.38. The highest BCUT2D eigenvalue weighted by Crippen LogP contribution is 2.39. The van der Waals surface area contributed by atoms with Crippen LogP contribution in [-0.2, 0) is 0 Å². The van der Waals surface area contributed by atoms with E-state index in [-0.39, 0.29) is 28.9 Å². The number of hydrogen-bond donors (Lipinski definition) is 1. The molecule has 21 heavy (non-hydrogen) atoms. The van der Waals surface area contributed by atoms with Crippen molar-refractivity contribution in [1.29, 1.82) is 0 Å². The first kappa shape index (κ1) is 15.0. The van der Waals surface area contributed by atoms with Crippen molar-refractivity contribution in [3.63, 3.8) is 0 Å². The van der Waals surface area contributed by atoms with Gasteiger partial charge in [-0.3, -0.25) is 20.2 Å². The smallest absolute Gasteiger partial charge is 0.303 e. The van der Waals surface area contributed by atoms with Crippen molar-refractivity contribution in [2.24, 2.45) is 0 Å². The Morgan fingerprint density at radius 2 is 1.62 bits per heavy atom. The molecule has 0 heterocycles. The lowest BCUT2D eigenvalue weighted by molar-refractivity contribution is -0.392. The summed E-state index contributed by atoms with van der Waals surface area (Å²) in [6.07, 6.45) is 4.90. The molecule has 0 amide bonds. The molecule has 8 heteroatoms. The summed E-state index contributed by atoms with van der Waals surface area (Å²) >= 11 is 0. The molecule has 1 fully saturated rings. The van der Waals surface area contributed by atoms with Crippen molar-refractivity contribution in [1.82, 2.24) is 0 Å². The number of methoxy groups -OCH3 is 1. The van der Waals surface area contributed by atoms with Gasteiger partial charge in [0.05, 0.1) is 29.1 Å². The van der Waals surface area contributed by atoms with Gasteiger partial charge in [-0.05, 0) is 12.8 Å². The van der Waals surface area contributed by atoms with E-state index in [2.05, 4.69) is 5.32 Å². The molecule has 0 aromatic heterocycles. The van der Waals surface area contributed by atoms with Crippen LogP contribution in [0.25, 0.3) is 0 Å². The number of nitrogens with one attached hydrogen (secondary N) is 1. The summed E-state index contributed by atoms with van der Waals surface area (Å²) in [5.74, 6) is 0.0996. The average Bonchev–Trinajstić information content (AvgIpc) is 2.47. The van der Waals surface area contributed by atoms with Gasteiger partial charge in [-0.2, -0.15) is 0 Å². The van der Waals surface area contributed by atoms with Gasteiger partial charge in [0.1, 0.15) is 5.75 Å². The standard InChI is InChI=1S/C13H17N3O5/c1-21-10-7-11(15(17)18)13(12(8-10)16(19)20)14-9-5-3-2-4-6-9/h7-9,14H,2-6H2,1H3. The summed E-state index contributed by atoms with van der Waals surface area (Å²) in [6.45, 7) is 0. The molecule has 1 aromatic carbocycles. The van der Waals surface area contributed by atoms with Crippen LogP contribution in [-0.4, -0.2) is 23.0 Å². The van der Waals surface area contributed by atoms with Crippen molar-refractivity contribution in [3.8, 4) is 5.75 Å². The predicted octanol–water partition coefficient (Wildman–Crippen LogP) is 3.26. The number of nitro groups is 2. The molecule has 0 aliphatic heterocycles. The largest absolute Gasteiger partial charge is 0.496 e. The van der Waals surface area contributed by atoms with E-state index in [1.807, 2.05) is 0 Å². The van der Waals surface area contributed by atoms with Crippen molar-refractivity contribution in [2.75, 3.05) is 12.4 Å². The molecular formula is C13H17N3O5. The van der Waals surface area contributed by atoms with Crippen molar-refractivity contribution >= 4 is 17.1 Å². The second kappa shape index (κ2) is 6.38. The van der Waals surface area contributed by atoms with Crippen LogP contribution >= 0.6 is 0 Å². The van der Waals surface area contributed by atoms with E-state index in [0.717, 1.165) is 32.1 Å². The minimum atomic E-state index is -0.624. The van der Waals surface area contributed by atoms with Crippen LogP contribution in [0.2, 0.25) is 0 Å². The van der Waals surface area contributed by atoms with E-state index in [1.54, 1.807) is 0 Å². The molecule has 114 valence electrons. The summed E-state index contributed by atoms with van der Waals surface area (Å²) in [5.41, 5.74) is -0.684. The number of benzene rings is 1. The molecule has 1 aromatic rings. The molecular weight excluding hydrogens is 278 g/mol. The van der Waals surface area contributed by atoms with Gasteiger partial charge in [-0.1, -0.05) is 19.3 Å². The normalized spacial score (nSPS) is 15.5. The molecule has 1 aliphatic carbocycles. The maximum absolute atomic E-state index is 11.2. The predicted molar refractivity (Wildman–Crippen MR) is 76.8 cm³/mol. The molecule has 0 atom stereocenters. The second-order valence-corrected chi connectivity index (χ2v) is 5.03. The fraction of sp³-hybridized carbons (Fsp3) is 0.538. The lowest BCUT2D eigenvalue weighted by Crippen LogP contribution is -2.23. The molecule has 0 unspecified atom stereocenters. The quantitative estimate of drug-likeness (QED) is 0.659. The summed E-state index contributed by atoms with van der Waals surface area (Å²) in [7, 11) is 1.32. The molecule has 0 saturated heterocycles. The van der Waals surface area contributed by atoms with Crippen LogP contribution in [0.4, 0.5) is 17.1 Å². The highest BCUT2D eigenvalue weighted by Gasteiger charge is 2.29. The number of nitrogens with zero attached hydrogens (tertiary/aromatic N) is 2. The zero-order chi connectivity index (χ0) is 15.4. The Labute approximate surface area is 121 Å². The Kier molecular flexibility index (Phi) is 4.56. The van der Waals surface area contributed by atoms with E-state index in [4.69, 9.17) is 4.74 Å². The highest BCUT2D eigenvalue weighted by molar-refractivity contribution is 5.76. The molecule has 8 nitrogen and oxygen atoms in total. The summed E-state index contributed by atoms with van der Waals surface area (Å²) in [6, 6.07) is 2.45. The molecule has 2 rings (SSSR count). The lowest BCUT2D eigenvalue weighted by Gasteiger charge is -2.23. The average molecular weight is 295 g/mol. The van der Waals surface area contributed by atoms with Gasteiger partial charge in [0, 0.05) is 6.04 Å². The van der Waals surface area contributed by atoms with Gasteiger partial charge in [0.2, 0.25) is 0 Å². The maximum atomic E-state index is 11.2. The third kappa shape index (κ3) is 3.39. The fourth-order valence-corrected chi connectivity index (χ4v) is 2.59. The molecule has 1 saturated carbocycles. The van der Waals surface area contributed by atoms with E-state index >= 15 is 0 Å². The van der Waals surface area contributed by atoms with E-state index in [0.29, 0.717) is 0 Å². The van der Waals surface area contributed by atoms with Crippen LogP contribution in [0.5, 0.6) is 5.75 Å². The topological polar surface area (TPSA) is 108 Å². The van der Waals surface area contributed by atoms with E-state index in [9.17, 15) is 20.2 Å². The van der Waals surface area contributed by atoms with Gasteiger partial charge < -0.3 is 10.1 Å². The van der Waals surface area contributed by atoms with Crippen LogP contribution in [0.3, 0.4) is 0 Å². The molecule has 0 spiro atoms. The number of hydrogen-bond acceptors (Lipinski definition) is 6. The van der Waals surface area contributed by atoms with Crippen LogP contribution in [0.1, 0.15) is 32.1 Å². The first-order valence-corrected chi connectivity index (χ1v) is 6.80. The zero-order valence-corrected chi connectivity index (χ0v) is 11.7. The summed E-state index contributed by atoms with van der Waals surface area (Å²) in [4.78, 5) is 21.1. The fourth-order valence-electron chi connectivity index (χ4n) is 2.59. The zero-order valence-electron chi connectivity index (χ0n) is 11.7. The van der Waals surface area contributed by atoms with Crippen LogP contribution < -0.4 is 10.1 Å². The van der Waals surface area contributed by atoms with Crippen molar-refractivity contribution in [3.05, 3.63) is 32.4 Å². The SMILES string of the molecule is COc1cc([N+](=O)[O-])c(NC2CCCCC2)c([N+](=O)[O-])c1. The van der Waals surface area contributed by atoms with Gasteiger partial charge in [0.15, 0.2) is 5.69 Å². The Balaban J connectivity index is 2.43. The van der Waals surface area contributed by atoms with Gasteiger partial charge in [-0.15, -0.1) is 0 Å². The molecule has 1 aliphatic rings. The number of rotatable bonds is 5. The first-order chi connectivity index (χ1) is 10.0. The Morgan fingerprint density at radius 1 is 1.10 bits per heavy atom. The van der Waals surface area contributed by atoms with E-state index < -0.39 is 9.85 Å². The summed E-state index contributed by atoms with van der Waals surface area (Å²) < 4.78 is 4.90. The number of nitro benzene ring substituents is 2. The maximum Gasteiger partial charge on any atom is 0.303 e. The number of ether oxygens (including phenoxy) is 1. The minimum absolute atomic E-state index is 0.0299. The second-order valence-electron chi connectivity index (χ2n) is 5.03. The van der Waals surface area contributed by atoms with E-state index in [1.165, 1.54) is 19.2 Å². The third-order valence-corrected chi connectivity index (χ3v) is 3.65. The van der Waals surface area contributed by atoms with Crippen molar-refractivity contribution < 1.29 is 14.6 Å². The summed E-state index contributed by atoms with van der Waals surface area (Å²) in [5, 5.41) is 25.4. The van der Waals surface area contributed by atoms with Crippen LogP contribution in [0.15, 0.2) is 12.1 Å². The van der Waals surface area contributed by atoms with Gasteiger partial charge >= 0.3 is 11.4 Å². The Morgan fingerprint density at radius 3 is 2.05 bits per heavy atom. The third-order valence-electron chi connectivity index (χ3n) is 3.65. The van der Waals surface area contributed by atoms with Crippen molar-refractivity contribution in [2.45, 2.75) is 38.1 Å². The minimum Gasteiger partial charge on any atom is -0.496 e. The first-order valence-electron chi connectivity index (χ1n) is 6.80. The van der Waals surface area contributed by atoms with Crippen LogP contribution in [0, 0.1) is 20.2 Å². The molecule has 1 N–H and O–H groups in total. The molecule has 0 bridgehead atoms. The highest BCUT2D eigenvalue weighted by atomic mass is 16.6. The number of anilines is 1. The Bertz CT molecular complexity index is 520. The monoisotopic (exact) mass is 295 g/mol. The molecule has 0 radical (unpaired) electrons. The lowest BCUT2D eigenvalue weighted by atomic mass is 9.95. The van der Waals surface area contributed by atoms with Gasteiger partial charge in [0.25, 0.3) is 0 Å². The van der Waals surface area contributed by atoms with Gasteiger partial charge in [-0.25, -0.2) is 0 Å².